The maximum atomic E-state index is 12.1. The minimum absolute atomic E-state index is 0.0767. The Kier molecular flexibility index (Phi) is 4.62. The van der Waals surface area contributed by atoms with Crippen LogP contribution < -0.4 is 10.9 Å². The molecule has 2 N–H and O–H groups in total. The molecule has 0 aliphatic heterocycles. The van der Waals surface area contributed by atoms with Gasteiger partial charge in [0.15, 0.2) is 0 Å². The molecule has 0 fully saturated rings. The first-order valence-electron chi connectivity index (χ1n) is 7.98. The van der Waals surface area contributed by atoms with Crippen molar-refractivity contribution in [2.75, 3.05) is 6.54 Å². The zero-order valence-corrected chi connectivity index (χ0v) is 13.8. The smallest absolute Gasteiger partial charge is 0.251 e. The second kappa shape index (κ2) is 7.02. The van der Waals surface area contributed by atoms with Gasteiger partial charge < -0.3 is 10.3 Å². The number of nitrogens with zero attached hydrogens (tertiary/aromatic N) is 1. The molecular weight excluding hydrogens is 314 g/mol. The van der Waals surface area contributed by atoms with Crippen LogP contribution in [-0.2, 0) is 6.42 Å². The zero-order chi connectivity index (χ0) is 17.8. The highest BCUT2D eigenvalue weighted by atomic mass is 16.1. The number of H-pyrrole nitrogens is 1. The molecule has 0 atom stereocenters. The van der Waals surface area contributed by atoms with Gasteiger partial charge in [0.05, 0.1) is 11.6 Å². The van der Waals surface area contributed by atoms with Crippen molar-refractivity contribution in [3.8, 4) is 6.07 Å². The quantitative estimate of drug-likeness (QED) is 0.771. The Bertz CT molecular complexity index is 1040. The normalized spacial score (nSPS) is 10.4. The van der Waals surface area contributed by atoms with E-state index in [1.165, 1.54) is 0 Å². The van der Waals surface area contributed by atoms with Crippen molar-refractivity contribution in [2.45, 2.75) is 13.3 Å². The van der Waals surface area contributed by atoms with E-state index in [1.807, 2.05) is 30.3 Å². The summed E-state index contributed by atoms with van der Waals surface area (Å²) < 4.78 is 0. The van der Waals surface area contributed by atoms with Crippen LogP contribution >= 0.6 is 0 Å². The number of nitriles is 1. The highest BCUT2D eigenvalue weighted by Crippen LogP contribution is 2.14. The van der Waals surface area contributed by atoms with Gasteiger partial charge in [-0.25, -0.2) is 0 Å². The largest absolute Gasteiger partial charge is 0.352 e. The molecule has 124 valence electrons. The SMILES string of the molecule is Cc1cc2cc(CCNC(=O)c3cccc(C#N)c3)ccc2[nH]c1=O. The molecule has 1 heterocycles. The molecule has 2 aromatic carbocycles. The lowest BCUT2D eigenvalue weighted by Gasteiger charge is -2.07. The molecule has 0 spiro atoms. The number of amides is 1. The second-order valence-electron chi connectivity index (χ2n) is 5.90. The molecule has 5 heteroatoms. The second-order valence-corrected chi connectivity index (χ2v) is 5.90. The maximum Gasteiger partial charge on any atom is 0.251 e. The first kappa shape index (κ1) is 16.5. The summed E-state index contributed by atoms with van der Waals surface area (Å²) in [5, 5.41) is 12.7. The van der Waals surface area contributed by atoms with Crippen LogP contribution in [-0.4, -0.2) is 17.4 Å². The summed E-state index contributed by atoms with van der Waals surface area (Å²) >= 11 is 0. The first-order valence-corrected chi connectivity index (χ1v) is 7.98. The van der Waals surface area contributed by atoms with Gasteiger partial charge >= 0.3 is 0 Å². The topological polar surface area (TPSA) is 85.8 Å². The van der Waals surface area contributed by atoms with Gasteiger partial charge in [-0.3, -0.25) is 9.59 Å². The minimum Gasteiger partial charge on any atom is -0.352 e. The third kappa shape index (κ3) is 3.75. The van der Waals surface area contributed by atoms with Crippen LogP contribution in [0.25, 0.3) is 10.9 Å². The molecule has 0 saturated heterocycles. The number of fused-ring (bicyclic) bond motifs is 1. The van der Waals surface area contributed by atoms with Gasteiger partial charge in [-0.1, -0.05) is 12.1 Å². The number of hydrogen-bond donors (Lipinski definition) is 2. The van der Waals surface area contributed by atoms with Gasteiger partial charge in [0.1, 0.15) is 0 Å². The van der Waals surface area contributed by atoms with Crippen LogP contribution in [0, 0.1) is 18.3 Å². The molecule has 3 rings (SSSR count). The Labute approximate surface area is 144 Å². The molecule has 0 aliphatic carbocycles. The maximum absolute atomic E-state index is 12.1. The van der Waals surface area contributed by atoms with Gasteiger partial charge in [0.2, 0.25) is 0 Å². The number of pyridine rings is 1. The van der Waals surface area contributed by atoms with Crippen LogP contribution in [0.5, 0.6) is 0 Å². The minimum atomic E-state index is -0.196. The van der Waals surface area contributed by atoms with Crippen LogP contribution in [0.1, 0.15) is 27.0 Å². The van der Waals surface area contributed by atoms with Crippen molar-refractivity contribution >= 4 is 16.8 Å². The van der Waals surface area contributed by atoms with Crippen molar-refractivity contribution in [3.05, 3.63) is 81.1 Å². The predicted octanol–water partition coefficient (Wildman–Crippen LogP) is 2.68. The fourth-order valence-electron chi connectivity index (χ4n) is 2.67. The van der Waals surface area contributed by atoms with E-state index < -0.39 is 0 Å². The number of aryl methyl sites for hydroxylation is 1. The number of carbonyl (C=O) groups is 1. The number of aromatic amines is 1. The summed E-state index contributed by atoms with van der Waals surface area (Å²) in [5.41, 5.74) is 3.42. The Morgan fingerprint density at radius 1 is 1.20 bits per heavy atom. The average molecular weight is 331 g/mol. The predicted molar refractivity (Wildman–Crippen MR) is 96.5 cm³/mol. The molecule has 0 aliphatic rings. The molecule has 3 aromatic rings. The number of carbonyl (C=O) groups excluding carboxylic acids is 1. The molecule has 0 bridgehead atoms. The molecule has 1 aromatic heterocycles. The molecule has 0 saturated carbocycles. The van der Waals surface area contributed by atoms with Crippen LogP contribution in [0.2, 0.25) is 0 Å². The molecule has 0 radical (unpaired) electrons. The van der Waals surface area contributed by atoms with E-state index in [1.54, 1.807) is 31.2 Å². The molecule has 25 heavy (non-hydrogen) atoms. The highest BCUT2D eigenvalue weighted by Gasteiger charge is 2.06. The monoisotopic (exact) mass is 331 g/mol. The fraction of sp³-hybridized carbons (Fsp3) is 0.150. The van der Waals surface area contributed by atoms with Crippen molar-refractivity contribution < 1.29 is 4.79 Å². The van der Waals surface area contributed by atoms with E-state index in [4.69, 9.17) is 5.26 Å². The lowest BCUT2D eigenvalue weighted by molar-refractivity contribution is 0.0954. The van der Waals surface area contributed by atoms with E-state index in [0.717, 1.165) is 16.5 Å². The lowest BCUT2D eigenvalue weighted by atomic mass is 10.1. The van der Waals surface area contributed by atoms with E-state index in [2.05, 4.69) is 10.3 Å². The van der Waals surface area contributed by atoms with E-state index in [0.29, 0.717) is 29.7 Å². The third-order valence-corrected chi connectivity index (χ3v) is 4.05. The van der Waals surface area contributed by atoms with Crippen LogP contribution in [0.15, 0.2) is 53.3 Å². The van der Waals surface area contributed by atoms with E-state index in [-0.39, 0.29) is 11.5 Å². The molecular formula is C20H17N3O2. The number of hydrogen-bond acceptors (Lipinski definition) is 3. The Morgan fingerprint density at radius 3 is 2.84 bits per heavy atom. The van der Waals surface area contributed by atoms with Crippen molar-refractivity contribution in [3.63, 3.8) is 0 Å². The Balaban J connectivity index is 1.66. The number of rotatable bonds is 4. The average Bonchev–Trinajstić information content (AvgIpc) is 2.63. The summed E-state index contributed by atoms with van der Waals surface area (Å²) in [5.74, 6) is -0.196. The number of benzene rings is 2. The van der Waals surface area contributed by atoms with Gasteiger partial charge in [-0.2, -0.15) is 5.26 Å². The summed E-state index contributed by atoms with van der Waals surface area (Å²) in [6, 6.07) is 16.3. The van der Waals surface area contributed by atoms with Gasteiger partial charge in [0, 0.05) is 23.2 Å². The van der Waals surface area contributed by atoms with Crippen molar-refractivity contribution in [2.24, 2.45) is 0 Å². The molecule has 1 amide bonds. The lowest BCUT2D eigenvalue weighted by Crippen LogP contribution is -2.25. The molecule has 5 nitrogen and oxygen atoms in total. The third-order valence-electron chi connectivity index (χ3n) is 4.05. The number of nitrogens with one attached hydrogen (secondary N) is 2. The van der Waals surface area contributed by atoms with Crippen LogP contribution in [0.3, 0.4) is 0 Å². The summed E-state index contributed by atoms with van der Waals surface area (Å²) in [6.45, 7) is 2.27. The summed E-state index contributed by atoms with van der Waals surface area (Å²) in [7, 11) is 0. The number of aromatic nitrogens is 1. The molecule has 0 unspecified atom stereocenters. The highest BCUT2D eigenvalue weighted by molar-refractivity contribution is 5.94. The van der Waals surface area contributed by atoms with Crippen molar-refractivity contribution in [1.82, 2.24) is 10.3 Å². The van der Waals surface area contributed by atoms with Crippen LogP contribution in [0.4, 0.5) is 0 Å². The van der Waals surface area contributed by atoms with E-state index in [9.17, 15) is 9.59 Å². The van der Waals surface area contributed by atoms with Gasteiger partial charge in [-0.05, 0) is 60.7 Å². The van der Waals surface area contributed by atoms with Gasteiger partial charge in [-0.15, -0.1) is 0 Å². The Hall–Kier alpha value is -3.39. The summed E-state index contributed by atoms with van der Waals surface area (Å²) in [6.07, 6.45) is 0.678. The fourth-order valence-corrected chi connectivity index (χ4v) is 2.67. The van der Waals surface area contributed by atoms with Crippen molar-refractivity contribution in [1.29, 1.82) is 5.26 Å². The first-order chi connectivity index (χ1) is 12.1. The summed E-state index contributed by atoms with van der Waals surface area (Å²) in [4.78, 5) is 26.6. The van der Waals surface area contributed by atoms with Gasteiger partial charge in [0.25, 0.3) is 11.5 Å². The zero-order valence-electron chi connectivity index (χ0n) is 13.8. The Morgan fingerprint density at radius 2 is 2.04 bits per heavy atom. The van der Waals surface area contributed by atoms with E-state index >= 15 is 0 Å². The standard InChI is InChI=1S/C20H17N3O2/c1-13-9-17-10-14(5-6-18(17)23-19(13)24)7-8-22-20(25)16-4-2-3-15(11-16)12-21/h2-6,9-11H,7-8H2,1H3,(H,22,25)(H,23,24).